The van der Waals surface area contributed by atoms with Crippen molar-refractivity contribution in [3.63, 3.8) is 0 Å². The average molecular weight is 294 g/mol. The molecule has 1 aliphatic rings. The van der Waals surface area contributed by atoms with Gasteiger partial charge in [-0.3, -0.25) is 4.79 Å². The second kappa shape index (κ2) is 6.56. The predicted molar refractivity (Wildman–Crippen MR) is 76.7 cm³/mol. The van der Waals surface area contributed by atoms with Crippen molar-refractivity contribution in [1.82, 2.24) is 5.32 Å². The van der Waals surface area contributed by atoms with Gasteiger partial charge < -0.3 is 15.7 Å². The van der Waals surface area contributed by atoms with Crippen LogP contribution in [0.15, 0.2) is 18.2 Å². The first-order valence-electron chi connectivity index (χ1n) is 7.03. The summed E-state index contributed by atoms with van der Waals surface area (Å²) in [7, 11) is 0. The highest BCUT2D eigenvalue weighted by Gasteiger charge is 2.27. The van der Waals surface area contributed by atoms with Gasteiger partial charge in [0.15, 0.2) is 0 Å². The number of rotatable bonds is 3. The van der Waals surface area contributed by atoms with Gasteiger partial charge in [-0.2, -0.15) is 0 Å². The molecule has 1 saturated carbocycles. The van der Waals surface area contributed by atoms with Crippen molar-refractivity contribution >= 4 is 17.7 Å². The first-order chi connectivity index (χ1) is 9.97. The molecule has 1 aromatic rings. The summed E-state index contributed by atoms with van der Waals surface area (Å²) in [6.45, 7) is 1.59. The van der Waals surface area contributed by atoms with E-state index in [9.17, 15) is 14.0 Å². The Morgan fingerprint density at radius 3 is 2.81 bits per heavy atom. The number of benzene rings is 1. The number of amides is 2. The lowest BCUT2D eigenvalue weighted by molar-refractivity contribution is -0.143. The summed E-state index contributed by atoms with van der Waals surface area (Å²) in [4.78, 5) is 22.9. The van der Waals surface area contributed by atoms with Crippen LogP contribution in [0.1, 0.15) is 31.2 Å². The Hall–Kier alpha value is -2.11. The number of hydrogen-bond donors (Lipinski definition) is 3. The number of carbonyl (C=O) groups is 2. The van der Waals surface area contributed by atoms with Crippen LogP contribution in [-0.4, -0.2) is 23.1 Å². The van der Waals surface area contributed by atoms with Gasteiger partial charge in [0.05, 0.1) is 5.92 Å². The topological polar surface area (TPSA) is 78.4 Å². The van der Waals surface area contributed by atoms with E-state index in [2.05, 4.69) is 10.6 Å². The van der Waals surface area contributed by atoms with E-state index in [-0.39, 0.29) is 11.9 Å². The highest BCUT2D eigenvalue weighted by Crippen LogP contribution is 2.24. The SMILES string of the molecule is Cc1c(F)cccc1NC(=O)NC1CCCC(C(=O)O)C1. The standard InChI is InChI=1S/C15H19FN2O3/c1-9-12(16)6-3-7-13(9)18-15(21)17-11-5-2-4-10(8-11)14(19)20/h3,6-7,10-11H,2,4-5,8H2,1H3,(H,19,20)(H2,17,18,21). The molecule has 2 unspecified atom stereocenters. The van der Waals surface area contributed by atoms with Gasteiger partial charge in [0.25, 0.3) is 0 Å². The van der Waals surface area contributed by atoms with Crippen molar-refractivity contribution in [2.45, 2.75) is 38.6 Å². The second-order valence-electron chi connectivity index (χ2n) is 5.41. The van der Waals surface area contributed by atoms with Crippen LogP contribution in [-0.2, 0) is 4.79 Å². The molecule has 0 bridgehead atoms. The fraction of sp³-hybridized carbons (Fsp3) is 0.467. The molecular weight excluding hydrogens is 275 g/mol. The molecule has 0 radical (unpaired) electrons. The Bertz CT molecular complexity index is 548. The molecule has 5 nitrogen and oxygen atoms in total. The van der Waals surface area contributed by atoms with Gasteiger partial charge in [-0.1, -0.05) is 12.5 Å². The number of nitrogens with one attached hydrogen (secondary N) is 2. The van der Waals surface area contributed by atoms with E-state index < -0.39 is 17.9 Å². The molecule has 1 fully saturated rings. The highest BCUT2D eigenvalue weighted by molar-refractivity contribution is 5.90. The van der Waals surface area contributed by atoms with Crippen LogP contribution in [0.4, 0.5) is 14.9 Å². The van der Waals surface area contributed by atoms with Crippen LogP contribution in [0.25, 0.3) is 0 Å². The lowest BCUT2D eigenvalue weighted by Gasteiger charge is -2.27. The maximum atomic E-state index is 13.4. The summed E-state index contributed by atoms with van der Waals surface area (Å²) in [5.74, 6) is -1.60. The van der Waals surface area contributed by atoms with E-state index in [1.807, 2.05) is 0 Å². The maximum Gasteiger partial charge on any atom is 0.319 e. The fourth-order valence-electron chi connectivity index (χ4n) is 2.63. The minimum Gasteiger partial charge on any atom is -0.481 e. The van der Waals surface area contributed by atoms with Crippen molar-refractivity contribution < 1.29 is 19.1 Å². The zero-order valence-corrected chi connectivity index (χ0v) is 11.9. The van der Waals surface area contributed by atoms with Gasteiger partial charge >= 0.3 is 12.0 Å². The molecular formula is C15H19FN2O3. The molecule has 2 amide bonds. The van der Waals surface area contributed by atoms with E-state index in [0.717, 1.165) is 12.8 Å². The second-order valence-corrected chi connectivity index (χ2v) is 5.41. The Morgan fingerprint density at radius 2 is 2.10 bits per heavy atom. The zero-order valence-electron chi connectivity index (χ0n) is 11.9. The average Bonchev–Trinajstić information content (AvgIpc) is 2.44. The summed E-state index contributed by atoms with van der Waals surface area (Å²) in [6.07, 6.45) is 2.63. The summed E-state index contributed by atoms with van der Waals surface area (Å²) in [5.41, 5.74) is 0.790. The van der Waals surface area contributed by atoms with Gasteiger partial charge in [-0.05, 0) is 38.3 Å². The van der Waals surface area contributed by atoms with Crippen molar-refractivity contribution in [2.75, 3.05) is 5.32 Å². The van der Waals surface area contributed by atoms with Crippen LogP contribution in [0.5, 0.6) is 0 Å². The predicted octanol–water partition coefficient (Wildman–Crippen LogP) is 2.90. The van der Waals surface area contributed by atoms with Crippen molar-refractivity contribution in [3.8, 4) is 0 Å². The molecule has 0 heterocycles. The number of urea groups is 1. The third-order valence-electron chi connectivity index (χ3n) is 3.87. The number of carboxylic acid groups (broad SMARTS) is 1. The van der Waals surface area contributed by atoms with Crippen LogP contribution in [0, 0.1) is 18.7 Å². The largest absolute Gasteiger partial charge is 0.481 e. The number of carbonyl (C=O) groups excluding carboxylic acids is 1. The zero-order chi connectivity index (χ0) is 15.4. The summed E-state index contributed by atoms with van der Waals surface area (Å²) in [5, 5.41) is 14.4. The van der Waals surface area contributed by atoms with Gasteiger partial charge in [0, 0.05) is 17.3 Å². The molecule has 6 heteroatoms. The highest BCUT2D eigenvalue weighted by atomic mass is 19.1. The van der Waals surface area contributed by atoms with Crippen molar-refractivity contribution in [2.24, 2.45) is 5.92 Å². The summed E-state index contributed by atoms with van der Waals surface area (Å²) < 4.78 is 13.4. The third kappa shape index (κ3) is 3.93. The lowest BCUT2D eigenvalue weighted by Crippen LogP contribution is -2.42. The molecule has 2 rings (SSSR count). The number of carboxylic acids is 1. The van der Waals surface area contributed by atoms with Gasteiger partial charge in [0.2, 0.25) is 0 Å². The van der Waals surface area contributed by atoms with Gasteiger partial charge in [-0.25, -0.2) is 9.18 Å². The summed E-state index contributed by atoms with van der Waals surface area (Å²) in [6, 6.07) is 3.89. The fourth-order valence-corrected chi connectivity index (χ4v) is 2.63. The molecule has 2 atom stereocenters. The van der Waals surface area contributed by atoms with E-state index >= 15 is 0 Å². The van der Waals surface area contributed by atoms with E-state index in [1.165, 1.54) is 12.1 Å². The van der Waals surface area contributed by atoms with Crippen molar-refractivity contribution in [1.29, 1.82) is 0 Å². The number of anilines is 1. The lowest BCUT2D eigenvalue weighted by atomic mass is 9.86. The van der Waals surface area contributed by atoms with E-state index in [4.69, 9.17) is 5.11 Å². The summed E-state index contributed by atoms with van der Waals surface area (Å²) >= 11 is 0. The smallest absolute Gasteiger partial charge is 0.319 e. The first-order valence-corrected chi connectivity index (χ1v) is 7.03. The quantitative estimate of drug-likeness (QED) is 0.802. The van der Waals surface area contributed by atoms with Gasteiger partial charge in [-0.15, -0.1) is 0 Å². The minimum atomic E-state index is -0.817. The Kier molecular flexibility index (Phi) is 4.77. The van der Waals surface area contributed by atoms with E-state index in [1.54, 1.807) is 13.0 Å². The molecule has 3 N–H and O–H groups in total. The minimum absolute atomic E-state index is 0.159. The third-order valence-corrected chi connectivity index (χ3v) is 3.87. The molecule has 1 aromatic carbocycles. The Balaban J connectivity index is 1.92. The van der Waals surface area contributed by atoms with Crippen LogP contribution >= 0.6 is 0 Å². The monoisotopic (exact) mass is 294 g/mol. The van der Waals surface area contributed by atoms with Crippen LogP contribution in [0.2, 0.25) is 0 Å². The molecule has 0 saturated heterocycles. The molecule has 21 heavy (non-hydrogen) atoms. The Morgan fingerprint density at radius 1 is 1.33 bits per heavy atom. The van der Waals surface area contributed by atoms with Gasteiger partial charge in [0.1, 0.15) is 5.82 Å². The molecule has 1 aliphatic carbocycles. The molecule has 0 aromatic heterocycles. The normalized spacial score (nSPS) is 21.6. The van der Waals surface area contributed by atoms with Crippen LogP contribution in [0.3, 0.4) is 0 Å². The first kappa shape index (κ1) is 15.3. The van der Waals surface area contributed by atoms with Crippen LogP contribution < -0.4 is 10.6 Å². The Labute approximate surface area is 122 Å². The van der Waals surface area contributed by atoms with Crippen molar-refractivity contribution in [3.05, 3.63) is 29.6 Å². The van der Waals surface area contributed by atoms with E-state index in [0.29, 0.717) is 24.1 Å². The number of halogens is 1. The molecule has 0 aliphatic heterocycles. The number of hydrogen-bond acceptors (Lipinski definition) is 2. The maximum absolute atomic E-state index is 13.4. The number of aliphatic carboxylic acids is 1. The molecule has 114 valence electrons. The molecule has 0 spiro atoms.